The molecule has 1 atom stereocenters. The molecule has 2 aromatic carbocycles. The fraction of sp³-hybridized carbons (Fsp3) is 0.321. The number of nitrogens with zero attached hydrogens (tertiary/aromatic N) is 4. The van der Waals surface area contributed by atoms with Gasteiger partial charge in [0.1, 0.15) is 11.6 Å². The van der Waals surface area contributed by atoms with Crippen molar-refractivity contribution in [1.82, 2.24) is 19.4 Å². The summed E-state index contributed by atoms with van der Waals surface area (Å²) in [7, 11) is 0. The molecule has 0 aliphatic carbocycles. The summed E-state index contributed by atoms with van der Waals surface area (Å²) in [5, 5.41) is 0. The van der Waals surface area contributed by atoms with E-state index >= 15 is 0 Å². The topological polar surface area (TPSA) is 60.2 Å². The van der Waals surface area contributed by atoms with Gasteiger partial charge in [-0.05, 0) is 66.9 Å². The minimum atomic E-state index is -4.75. The Bertz CT molecular complexity index is 1440. The number of carbonyl (C=O) groups is 1. The quantitative estimate of drug-likeness (QED) is 0.314. The highest BCUT2D eigenvalue weighted by atomic mass is 19.4. The summed E-state index contributed by atoms with van der Waals surface area (Å²) < 4.78 is 43.6. The lowest BCUT2D eigenvalue weighted by Crippen LogP contribution is -2.28. The molecule has 0 spiro atoms. The summed E-state index contributed by atoms with van der Waals surface area (Å²) in [6.07, 6.45) is -0.161. The number of rotatable bonds is 5. The smallest absolute Gasteiger partial charge is 0.406 e. The van der Waals surface area contributed by atoms with Crippen LogP contribution >= 0.6 is 0 Å². The number of aryl methyl sites for hydroxylation is 1. The van der Waals surface area contributed by atoms with Gasteiger partial charge in [0.25, 0.3) is 5.91 Å². The van der Waals surface area contributed by atoms with Crippen LogP contribution in [0, 0.1) is 6.92 Å². The van der Waals surface area contributed by atoms with Crippen LogP contribution < -0.4 is 4.74 Å². The molecule has 4 aromatic rings. The average Bonchev–Trinajstić information content (AvgIpc) is 3.48. The summed E-state index contributed by atoms with van der Waals surface area (Å²) in [5.41, 5.74) is 4.90. The van der Waals surface area contributed by atoms with E-state index in [1.54, 1.807) is 24.3 Å². The number of hydrogen-bond acceptors (Lipinski definition) is 4. The Kier molecular flexibility index (Phi) is 6.39. The Hall–Kier alpha value is -3.88. The minimum absolute atomic E-state index is 0.0416. The molecule has 6 nitrogen and oxygen atoms in total. The van der Waals surface area contributed by atoms with Gasteiger partial charge in [-0.15, -0.1) is 13.2 Å². The highest BCUT2D eigenvalue weighted by Crippen LogP contribution is 2.31. The zero-order valence-corrected chi connectivity index (χ0v) is 20.8. The second kappa shape index (κ2) is 9.53. The van der Waals surface area contributed by atoms with Gasteiger partial charge in [0.15, 0.2) is 0 Å². The van der Waals surface area contributed by atoms with Gasteiger partial charge < -0.3 is 9.64 Å². The number of amides is 1. The second-order valence-corrected chi connectivity index (χ2v) is 9.74. The van der Waals surface area contributed by atoms with Crippen molar-refractivity contribution in [1.29, 1.82) is 0 Å². The van der Waals surface area contributed by atoms with Crippen LogP contribution in [0.1, 0.15) is 59.4 Å². The standard InChI is InChI=1S/C28H27F3N4O2/c1-17(2)26-33-24-13-19(27(36)34-11-10-20(16-34)21-12-18(3)14-32-15-21)4-9-25(24)35(26)22-5-7-23(8-6-22)37-28(29,30)31/h4-9,12-15,17,20H,10-11,16H2,1-3H3. The Morgan fingerprint density at radius 3 is 2.51 bits per heavy atom. The molecule has 37 heavy (non-hydrogen) atoms. The van der Waals surface area contributed by atoms with E-state index in [0.717, 1.165) is 28.9 Å². The summed E-state index contributed by atoms with van der Waals surface area (Å²) >= 11 is 0. The largest absolute Gasteiger partial charge is 0.573 e. The van der Waals surface area contributed by atoms with Crippen molar-refractivity contribution in [3.05, 3.63) is 83.4 Å². The Balaban J connectivity index is 1.42. The van der Waals surface area contributed by atoms with Crippen LogP contribution in [0.5, 0.6) is 5.75 Å². The zero-order chi connectivity index (χ0) is 26.3. The number of fused-ring (bicyclic) bond motifs is 1. The van der Waals surface area contributed by atoms with E-state index in [2.05, 4.69) is 15.8 Å². The summed E-state index contributed by atoms with van der Waals surface area (Å²) in [4.78, 5) is 24.3. The SMILES string of the molecule is Cc1cncc(C2CCN(C(=O)c3ccc4c(c3)nc(C(C)C)n4-c3ccc(OC(F)(F)F)cc3)C2)c1. The minimum Gasteiger partial charge on any atom is -0.406 e. The normalized spacial score (nSPS) is 16.1. The number of halogens is 3. The van der Waals surface area contributed by atoms with Crippen molar-refractivity contribution >= 4 is 16.9 Å². The highest BCUT2D eigenvalue weighted by molar-refractivity contribution is 5.98. The van der Waals surface area contributed by atoms with Crippen molar-refractivity contribution in [2.45, 2.75) is 45.4 Å². The first kappa shape index (κ1) is 24.8. The van der Waals surface area contributed by atoms with E-state index in [4.69, 9.17) is 4.98 Å². The molecule has 2 aromatic heterocycles. The summed E-state index contributed by atoms with van der Waals surface area (Å²) in [6.45, 7) is 7.32. The lowest BCUT2D eigenvalue weighted by molar-refractivity contribution is -0.274. The predicted molar refractivity (Wildman–Crippen MR) is 134 cm³/mol. The molecule has 1 unspecified atom stereocenters. The molecule has 192 valence electrons. The molecule has 1 fully saturated rings. The molecule has 1 amide bonds. The van der Waals surface area contributed by atoms with E-state index in [-0.39, 0.29) is 23.5 Å². The number of benzene rings is 2. The number of likely N-dealkylation sites (tertiary alicyclic amines) is 1. The fourth-order valence-electron chi connectivity index (χ4n) is 4.89. The van der Waals surface area contributed by atoms with Gasteiger partial charge >= 0.3 is 6.36 Å². The molecular weight excluding hydrogens is 481 g/mol. The second-order valence-electron chi connectivity index (χ2n) is 9.74. The predicted octanol–water partition coefficient (Wildman–Crippen LogP) is 6.38. The summed E-state index contributed by atoms with van der Waals surface area (Å²) in [5.74, 6) is 0.720. The maximum Gasteiger partial charge on any atom is 0.573 e. The maximum absolute atomic E-state index is 13.4. The zero-order valence-electron chi connectivity index (χ0n) is 20.8. The molecule has 1 saturated heterocycles. The number of alkyl halides is 3. The average molecular weight is 509 g/mol. The number of ether oxygens (including phenoxy) is 1. The van der Waals surface area contributed by atoms with Crippen molar-refractivity contribution in [3.8, 4) is 11.4 Å². The number of aromatic nitrogens is 3. The van der Waals surface area contributed by atoms with Crippen LogP contribution in [0.25, 0.3) is 16.7 Å². The van der Waals surface area contributed by atoms with Crippen LogP contribution in [-0.2, 0) is 0 Å². The van der Waals surface area contributed by atoms with Gasteiger partial charge in [0, 0.05) is 48.6 Å². The number of hydrogen-bond donors (Lipinski definition) is 0. The first-order valence-corrected chi connectivity index (χ1v) is 12.2. The first-order chi connectivity index (χ1) is 17.6. The number of carbonyl (C=O) groups excluding carboxylic acids is 1. The molecule has 5 rings (SSSR count). The van der Waals surface area contributed by atoms with E-state index in [1.165, 1.54) is 12.1 Å². The fourth-order valence-corrected chi connectivity index (χ4v) is 4.89. The Labute approximate surface area is 212 Å². The first-order valence-electron chi connectivity index (χ1n) is 12.2. The molecular formula is C28H27F3N4O2. The third-order valence-corrected chi connectivity index (χ3v) is 6.62. The lowest BCUT2D eigenvalue weighted by Gasteiger charge is -2.17. The molecule has 3 heterocycles. The monoisotopic (exact) mass is 508 g/mol. The Morgan fingerprint density at radius 2 is 1.84 bits per heavy atom. The molecule has 1 aliphatic heterocycles. The molecule has 1 aliphatic rings. The van der Waals surface area contributed by atoms with E-state index in [0.29, 0.717) is 29.9 Å². The Morgan fingerprint density at radius 1 is 1.08 bits per heavy atom. The third kappa shape index (κ3) is 5.16. The van der Waals surface area contributed by atoms with Gasteiger partial charge in [-0.3, -0.25) is 14.3 Å². The van der Waals surface area contributed by atoms with E-state index in [1.807, 2.05) is 48.7 Å². The summed E-state index contributed by atoms with van der Waals surface area (Å²) in [6, 6.07) is 13.3. The van der Waals surface area contributed by atoms with Gasteiger partial charge in [0.2, 0.25) is 0 Å². The van der Waals surface area contributed by atoms with Crippen molar-refractivity contribution in [3.63, 3.8) is 0 Å². The van der Waals surface area contributed by atoms with Crippen LogP contribution in [0.2, 0.25) is 0 Å². The van der Waals surface area contributed by atoms with Crippen molar-refractivity contribution < 1.29 is 22.7 Å². The van der Waals surface area contributed by atoms with Crippen LogP contribution in [-0.4, -0.2) is 44.8 Å². The maximum atomic E-state index is 13.4. The third-order valence-electron chi connectivity index (χ3n) is 6.62. The molecule has 0 saturated carbocycles. The molecule has 9 heteroatoms. The van der Waals surface area contributed by atoms with Crippen LogP contribution in [0.4, 0.5) is 13.2 Å². The lowest BCUT2D eigenvalue weighted by atomic mass is 9.99. The van der Waals surface area contributed by atoms with Gasteiger partial charge in [0.05, 0.1) is 11.0 Å². The number of imidazole rings is 1. The molecule has 0 radical (unpaired) electrons. The van der Waals surface area contributed by atoms with Gasteiger partial charge in [-0.25, -0.2) is 4.98 Å². The highest BCUT2D eigenvalue weighted by Gasteiger charge is 2.31. The van der Waals surface area contributed by atoms with Crippen molar-refractivity contribution in [2.75, 3.05) is 13.1 Å². The number of pyridine rings is 1. The van der Waals surface area contributed by atoms with E-state index < -0.39 is 6.36 Å². The van der Waals surface area contributed by atoms with Crippen molar-refractivity contribution in [2.24, 2.45) is 0 Å². The van der Waals surface area contributed by atoms with Gasteiger partial charge in [-0.2, -0.15) is 0 Å². The molecule has 0 N–H and O–H groups in total. The van der Waals surface area contributed by atoms with E-state index in [9.17, 15) is 18.0 Å². The molecule has 0 bridgehead atoms. The van der Waals surface area contributed by atoms with Crippen LogP contribution in [0.3, 0.4) is 0 Å². The van der Waals surface area contributed by atoms with Gasteiger partial charge in [-0.1, -0.05) is 19.9 Å². The van der Waals surface area contributed by atoms with Crippen LogP contribution in [0.15, 0.2) is 60.9 Å².